The molecule has 0 bridgehead atoms. The number of hydrogen-bond acceptors (Lipinski definition) is 1. The Bertz CT molecular complexity index is 223. The van der Waals surface area contributed by atoms with Crippen LogP contribution < -0.4 is 0 Å². The van der Waals surface area contributed by atoms with Crippen molar-refractivity contribution in [1.29, 1.82) is 0 Å². The first-order chi connectivity index (χ1) is 6.93. The lowest BCUT2D eigenvalue weighted by molar-refractivity contribution is 0.670. The van der Waals surface area contributed by atoms with E-state index >= 15 is 0 Å². The second-order valence-corrected chi connectivity index (χ2v) is 4.74. The summed E-state index contributed by atoms with van der Waals surface area (Å²) >= 11 is 0. The first-order valence-corrected chi connectivity index (χ1v) is 7.02. The van der Waals surface area contributed by atoms with Crippen LogP contribution in [0.15, 0.2) is 30.3 Å². The Balaban J connectivity index is 1.99. The second kappa shape index (κ2) is 8.19. The minimum Gasteiger partial charge on any atom is -0.0622 e. The number of aryl methyl sites for hydroxylation is 1. The van der Waals surface area contributed by atoms with Gasteiger partial charge in [-0.1, -0.05) is 54.1 Å². The Morgan fingerprint density at radius 1 is 0.929 bits per heavy atom. The van der Waals surface area contributed by atoms with Gasteiger partial charge in [-0.2, -0.15) is 0 Å². The maximum atomic E-state index is 5.53. The molecule has 2 heteroatoms. The molecule has 0 atom stereocenters. The van der Waals surface area contributed by atoms with Crippen molar-refractivity contribution >= 4 is 21.7 Å². The molecule has 0 aliphatic heterocycles. The Morgan fingerprint density at radius 2 is 1.64 bits per heavy atom. The van der Waals surface area contributed by atoms with Gasteiger partial charge >= 0.3 is 0 Å². The zero-order chi connectivity index (χ0) is 10.1. The van der Waals surface area contributed by atoms with Crippen LogP contribution in [0.5, 0.6) is 0 Å². The first kappa shape index (κ1) is 11.9. The third-order valence-electron chi connectivity index (χ3n) is 2.28. The number of hydrogen-bond donors (Lipinski definition) is 0. The molecule has 0 heterocycles. The molecule has 14 heavy (non-hydrogen) atoms. The van der Waals surface area contributed by atoms with Crippen LogP contribution in [-0.2, 0) is 6.42 Å². The zero-order valence-corrected chi connectivity index (χ0v) is 9.99. The topological polar surface area (TPSA) is 0 Å². The van der Waals surface area contributed by atoms with Gasteiger partial charge in [0.1, 0.15) is 0 Å². The van der Waals surface area contributed by atoms with Crippen molar-refractivity contribution in [3.05, 3.63) is 35.9 Å². The van der Waals surface area contributed by atoms with E-state index in [0.717, 1.165) is 5.75 Å². The van der Waals surface area contributed by atoms with E-state index in [2.05, 4.69) is 30.3 Å². The monoisotopic (exact) mass is 228 g/mol. The fourth-order valence-corrected chi connectivity index (χ4v) is 2.12. The molecule has 0 fully saturated rings. The quantitative estimate of drug-likeness (QED) is 0.611. The summed E-state index contributed by atoms with van der Waals surface area (Å²) in [5.41, 5.74) is 1.46. The third kappa shape index (κ3) is 5.56. The van der Waals surface area contributed by atoms with Crippen molar-refractivity contribution in [2.24, 2.45) is 0 Å². The molecule has 0 aliphatic rings. The Morgan fingerprint density at radius 3 is 2.36 bits per heavy atom. The molecule has 1 rings (SSSR count). The number of halogens is 1. The summed E-state index contributed by atoms with van der Waals surface area (Å²) in [6.45, 7) is 0. The van der Waals surface area contributed by atoms with Gasteiger partial charge in [0.05, 0.1) is 0 Å². The highest BCUT2D eigenvalue weighted by Crippen LogP contribution is 2.12. The first-order valence-electron chi connectivity index (χ1n) is 5.21. The van der Waals surface area contributed by atoms with Crippen LogP contribution in [0, 0.1) is 0 Å². The predicted molar refractivity (Wildman–Crippen MR) is 66.9 cm³/mol. The molecule has 0 aromatic heterocycles. The van der Waals surface area contributed by atoms with E-state index in [1.165, 1.54) is 48.6 Å². The summed E-state index contributed by atoms with van der Waals surface area (Å²) in [7, 11) is 6.96. The van der Waals surface area contributed by atoms with Crippen molar-refractivity contribution in [3.63, 3.8) is 0 Å². The number of unbranched alkanes of at least 4 members (excludes halogenated alkanes) is 3. The standard InChI is InChI=1S/C12H17ClS/c13-14-11-7-2-1-4-8-12-9-5-3-6-10-12/h3,5-6,9-10H,1-2,4,7-8,11H2. The molecule has 0 saturated carbocycles. The lowest BCUT2D eigenvalue weighted by Crippen LogP contribution is -1.85. The fraction of sp³-hybridized carbons (Fsp3) is 0.500. The Labute approximate surface area is 95.6 Å². The van der Waals surface area contributed by atoms with Gasteiger partial charge in [0.2, 0.25) is 0 Å². The molecule has 0 aliphatic carbocycles. The maximum Gasteiger partial charge on any atom is 0.00852 e. The highest BCUT2D eigenvalue weighted by molar-refractivity contribution is 8.21. The van der Waals surface area contributed by atoms with Crippen LogP contribution >= 0.6 is 21.7 Å². The lowest BCUT2D eigenvalue weighted by atomic mass is 10.1. The van der Waals surface area contributed by atoms with Crippen molar-refractivity contribution in [2.45, 2.75) is 32.1 Å². The van der Waals surface area contributed by atoms with Gasteiger partial charge in [-0.15, -0.1) is 0 Å². The Kier molecular flexibility index (Phi) is 6.98. The normalized spacial score (nSPS) is 10.4. The van der Waals surface area contributed by atoms with Crippen LogP contribution in [0.4, 0.5) is 0 Å². The van der Waals surface area contributed by atoms with E-state index in [9.17, 15) is 0 Å². The van der Waals surface area contributed by atoms with Crippen LogP contribution in [0.25, 0.3) is 0 Å². The Hall–Kier alpha value is -0.140. The van der Waals surface area contributed by atoms with Crippen molar-refractivity contribution in [3.8, 4) is 0 Å². The van der Waals surface area contributed by atoms with Gasteiger partial charge in [0, 0.05) is 5.75 Å². The van der Waals surface area contributed by atoms with Crippen LogP contribution in [0.3, 0.4) is 0 Å². The molecule has 0 amide bonds. The minimum atomic E-state index is 1.09. The van der Waals surface area contributed by atoms with Gasteiger partial charge in [-0.25, -0.2) is 0 Å². The molecule has 0 saturated heterocycles. The fourth-order valence-electron chi connectivity index (χ4n) is 1.48. The van der Waals surface area contributed by atoms with Crippen molar-refractivity contribution < 1.29 is 0 Å². The van der Waals surface area contributed by atoms with E-state index < -0.39 is 0 Å². The van der Waals surface area contributed by atoms with Gasteiger partial charge in [0.25, 0.3) is 0 Å². The molecule has 78 valence electrons. The largest absolute Gasteiger partial charge is 0.0622 e. The zero-order valence-electron chi connectivity index (χ0n) is 8.42. The van der Waals surface area contributed by atoms with Crippen LogP contribution in [-0.4, -0.2) is 5.75 Å². The third-order valence-corrected chi connectivity index (χ3v) is 3.19. The SMILES string of the molecule is ClSCCCCCCc1ccccc1. The highest BCUT2D eigenvalue weighted by atomic mass is 35.7. The van der Waals surface area contributed by atoms with Gasteiger partial charge in [-0.05, 0) is 35.5 Å². The summed E-state index contributed by atoms with van der Waals surface area (Å²) in [5.74, 6) is 1.09. The minimum absolute atomic E-state index is 1.09. The summed E-state index contributed by atoms with van der Waals surface area (Å²) in [5, 5.41) is 0. The molecule has 0 spiro atoms. The van der Waals surface area contributed by atoms with Gasteiger partial charge in [0.15, 0.2) is 0 Å². The van der Waals surface area contributed by atoms with E-state index in [1.54, 1.807) is 0 Å². The van der Waals surface area contributed by atoms with Crippen molar-refractivity contribution in [1.82, 2.24) is 0 Å². The molecule has 0 radical (unpaired) electrons. The highest BCUT2D eigenvalue weighted by Gasteiger charge is 1.92. The van der Waals surface area contributed by atoms with Crippen LogP contribution in [0.2, 0.25) is 0 Å². The second-order valence-electron chi connectivity index (χ2n) is 3.46. The summed E-state index contributed by atoms with van der Waals surface area (Å²) < 4.78 is 0. The number of benzene rings is 1. The van der Waals surface area contributed by atoms with E-state index in [4.69, 9.17) is 10.7 Å². The molecule has 1 aromatic carbocycles. The lowest BCUT2D eigenvalue weighted by Gasteiger charge is -2.00. The summed E-state index contributed by atoms with van der Waals surface area (Å²) in [6.07, 6.45) is 6.41. The smallest absolute Gasteiger partial charge is 0.00852 e. The molecule has 0 unspecified atom stereocenters. The molecule has 0 nitrogen and oxygen atoms in total. The predicted octanol–water partition coefficient (Wildman–Crippen LogP) is 4.68. The van der Waals surface area contributed by atoms with Gasteiger partial charge in [-0.3, -0.25) is 0 Å². The molecular weight excluding hydrogens is 212 g/mol. The average molecular weight is 229 g/mol. The van der Waals surface area contributed by atoms with Crippen molar-refractivity contribution in [2.75, 3.05) is 5.75 Å². The maximum absolute atomic E-state index is 5.53. The van der Waals surface area contributed by atoms with E-state index in [-0.39, 0.29) is 0 Å². The summed E-state index contributed by atoms with van der Waals surface area (Å²) in [6, 6.07) is 10.7. The van der Waals surface area contributed by atoms with E-state index in [1.807, 2.05) is 0 Å². The summed E-state index contributed by atoms with van der Waals surface area (Å²) in [4.78, 5) is 0. The average Bonchev–Trinajstić information content (AvgIpc) is 2.25. The molecule has 1 aromatic rings. The molecular formula is C12H17ClS. The van der Waals surface area contributed by atoms with Crippen LogP contribution in [0.1, 0.15) is 31.2 Å². The van der Waals surface area contributed by atoms with Gasteiger partial charge < -0.3 is 0 Å². The van der Waals surface area contributed by atoms with E-state index in [0.29, 0.717) is 0 Å². The molecule has 0 N–H and O–H groups in total. The number of rotatable bonds is 7.